The first-order valence-corrected chi connectivity index (χ1v) is 6.67. The highest BCUT2D eigenvalue weighted by Crippen LogP contribution is 2.28. The van der Waals surface area contributed by atoms with Crippen LogP contribution < -0.4 is 5.32 Å². The molecule has 0 radical (unpaired) electrons. The maximum Gasteiger partial charge on any atom is 0.273 e. The van der Waals surface area contributed by atoms with Crippen LogP contribution in [0.25, 0.3) is 0 Å². The van der Waals surface area contributed by atoms with E-state index in [0.717, 1.165) is 5.56 Å². The highest BCUT2D eigenvalue weighted by Gasteiger charge is 2.19. The van der Waals surface area contributed by atoms with Crippen molar-refractivity contribution in [1.29, 1.82) is 5.26 Å². The lowest BCUT2D eigenvalue weighted by atomic mass is 9.99. The van der Waals surface area contributed by atoms with E-state index >= 15 is 0 Å². The number of aryl methyl sites for hydroxylation is 2. The molecule has 0 aliphatic carbocycles. The first kappa shape index (κ1) is 15.0. The summed E-state index contributed by atoms with van der Waals surface area (Å²) in [5.41, 5.74) is 2.16. The van der Waals surface area contributed by atoms with Crippen molar-refractivity contribution in [2.75, 3.05) is 0 Å². The molecule has 1 N–H and O–H groups in total. The fourth-order valence-electron chi connectivity index (χ4n) is 2.08. The average molecular weight is 304 g/mol. The van der Waals surface area contributed by atoms with Crippen molar-refractivity contribution in [2.24, 2.45) is 7.05 Å². The molecule has 0 aliphatic heterocycles. The number of aromatic nitrogens is 3. The average Bonchev–Trinajstić information content (AvgIpc) is 2.84. The topological polar surface area (TPSA) is 83.6 Å². The minimum Gasteiger partial charge on any atom is -0.344 e. The summed E-state index contributed by atoms with van der Waals surface area (Å²) in [7, 11) is 1.68. The molecule has 0 spiro atoms. The maximum absolute atomic E-state index is 12.1. The molecule has 1 aromatic heterocycles. The lowest BCUT2D eigenvalue weighted by molar-refractivity contribution is 0.0934. The third kappa shape index (κ3) is 3.20. The number of halogens is 1. The molecule has 21 heavy (non-hydrogen) atoms. The zero-order valence-electron chi connectivity index (χ0n) is 11.9. The Labute approximate surface area is 127 Å². The van der Waals surface area contributed by atoms with Crippen LogP contribution in [-0.2, 0) is 7.05 Å². The van der Waals surface area contributed by atoms with Crippen molar-refractivity contribution in [3.05, 3.63) is 45.7 Å². The number of hydrogen-bond donors (Lipinski definition) is 1. The molecule has 2 rings (SSSR count). The van der Waals surface area contributed by atoms with E-state index in [0.29, 0.717) is 16.1 Å². The predicted molar refractivity (Wildman–Crippen MR) is 77.8 cm³/mol. The zero-order valence-corrected chi connectivity index (χ0v) is 12.6. The van der Waals surface area contributed by atoms with Crippen LogP contribution in [-0.4, -0.2) is 20.9 Å². The first-order chi connectivity index (χ1) is 9.92. The Balaban J connectivity index is 2.27. The van der Waals surface area contributed by atoms with E-state index in [4.69, 9.17) is 11.6 Å². The molecule has 1 amide bonds. The van der Waals surface area contributed by atoms with Crippen molar-refractivity contribution in [1.82, 2.24) is 20.3 Å². The molecule has 0 saturated heterocycles. The van der Waals surface area contributed by atoms with Gasteiger partial charge in [0.05, 0.1) is 23.9 Å². The van der Waals surface area contributed by atoms with Crippen LogP contribution in [0.2, 0.25) is 5.02 Å². The quantitative estimate of drug-likeness (QED) is 0.941. The molecule has 1 heterocycles. The van der Waals surface area contributed by atoms with Crippen molar-refractivity contribution < 1.29 is 4.79 Å². The molecule has 7 heteroatoms. The van der Waals surface area contributed by atoms with Crippen LogP contribution in [0.3, 0.4) is 0 Å². The molecule has 0 saturated carbocycles. The van der Waals surface area contributed by atoms with Crippen LogP contribution in [0.4, 0.5) is 0 Å². The van der Waals surface area contributed by atoms with Crippen LogP contribution >= 0.6 is 11.6 Å². The Morgan fingerprint density at radius 3 is 2.81 bits per heavy atom. The number of amides is 1. The normalized spacial score (nSPS) is 11.8. The van der Waals surface area contributed by atoms with E-state index in [9.17, 15) is 10.1 Å². The SMILES string of the molecule is Cc1cc(Cl)c(C(C)NC(=O)c2cn(C)nn2)c(C#N)c1. The van der Waals surface area contributed by atoms with Gasteiger partial charge in [-0.15, -0.1) is 5.10 Å². The van der Waals surface area contributed by atoms with Crippen LogP contribution in [0.1, 0.15) is 40.1 Å². The molecule has 0 fully saturated rings. The summed E-state index contributed by atoms with van der Waals surface area (Å²) in [4.78, 5) is 12.1. The monoisotopic (exact) mass is 303 g/mol. The number of carbonyl (C=O) groups excluding carboxylic acids is 1. The van der Waals surface area contributed by atoms with Gasteiger partial charge in [0.1, 0.15) is 0 Å². The molecular weight excluding hydrogens is 290 g/mol. The summed E-state index contributed by atoms with van der Waals surface area (Å²) >= 11 is 6.21. The molecule has 6 nitrogen and oxygen atoms in total. The number of nitrogens with zero attached hydrogens (tertiary/aromatic N) is 4. The van der Waals surface area contributed by atoms with E-state index < -0.39 is 6.04 Å². The summed E-state index contributed by atoms with van der Waals surface area (Å²) in [5, 5.41) is 19.9. The summed E-state index contributed by atoms with van der Waals surface area (Å²) < 4.78 is 1.44. The van der Waals surface area contributed by atoms with Gasteiger partial charge >= 0.3 is 0 Å². The molecule has 1 atom stereocenters. The van der Waals surface area contributed by atoms with Gasteiger partial charge in [-0.1, -0.05) is 16.8 Å². The van der Waals surface area contributed by atoms with Crippen molar-refractivity contribution >= 4 is 17.5 Å². The van der Waals surface area contributed by atoms with E-state index in [2.05, 4.69) is 21.7 Å². The summed E-state index contributed by atoms with van der Waals surface area (Å²) in [6.45, 7) is 3.63. The lowest BCUT2D eigenvalue weighted by Crippen LogP contribution is -2.27. The second kappa shape index (κ2) is 5.94. The second-order valence-corrected chi connectivity index (χ2v) is 5.20. The van der Waals surface area contributed by atoms with Gasteiger partial charge in [0.25, 0.3) is 5.91 Å². The lowest BCUT2D eigenvalue weighted by Gasteiger charge is -2.17. The highest BCUT2D eigenvalue weighted by molar-refractivity contribution is 6.31. The maximum atomic E-state index is 12.1. The third-order valence-electron chi connectivity index (χ3n) is 3.01. The Morgan fingerprint density at radius 1 is 1.52 bits per heavy atom. The number of nitrogens with one attached hydrogen (secondary N) is 1. The molecule has 0 aliphatic rings. The first-order valence-electron chi connectivity index (χ1n) is 6.29. The van der Waals surface area contributed by atoms with Gasteiger partial charge in [0.15, 0.2) is 5.69 Å². The van der Waals surface area contributed by atoms with E-state index in [1.165, 1.54) is 10.9 Å². The number of nitriles is 1. The van der Waals surface area contributed by atoms with Crippen molar-refractivity contribution in [2.45, 2.75) is 19.9 Å². The molecule has 1 aromatic carbocycles. The Bertz CT molecular complexity index is 731. The van der Waals surface area contributed by atoms with E-state index in [1.54, 1.807) is 26.1 Å². The number of benzene rings is 1. The van der Waals surface area contributed by atoms with Gasteiger partial charge in [-0.3, -0.25) is 9.48 Å². The van der Waals surface area contributed by atoms with Crippen LogP contribution in [0.5, 0.6) is 0 Å². The van der Waals surface area contributed by atoms with Gasteiger partial charge < -0.3 is 5.32 Å². The number of rotatable bonds is 3. The largest absolute Gasteiger partial charge is 0.344 e. The zero-order chi connectivity index (χ0) is 15.6. The standard InChI is InChI=1S/C14H14ClN5O/c1-8-4-10(6-16)13(11(15)5-8)9(2)17-14(21)12-7-20(3)19-18-12/h4-5,7,9H,1-3H3,(H,17,21). The predicted octanol–water partition coefficient (Wildman–Crippen LogP) is 2.14. The summed E-state index contributed by atoms with van der Waals surface area (Å²) in [5.74, 6) is -0.365. The van der Waals surface area contributed by atoms with Gasteiger partial charge in [0, 0.05) is 17.6 Å². The van der Waals surface area contributed by atoms with Gasteiger partial charge in [-0.2, -0.15) is 5.26 Å². The minimum absolute atomic E-state index is 0.214. The fraction of sp³-hybridized carbons (Fsp3) is 0.286. The molecule has 0 bridgehead atoms. The summed E-state index contributed by atoms with van der Waals surface area (Å²) in [6, 6.07) is 5.20. The Hall–Kier alpha value is -2.39. The van der Waals surface area contributed by atoms with Crippen molar-refractivity contribution in [3.63, 3.8) is 0 Å². The third-order valence-corrected chi connectivity index (χ3v) is 3.32. The van der Waals surface area contributed by atoms with Crippen LogP contribution in [0, 0.1) is 18.3 Å². The Morgan fingerprint density at radius 2 is 2.24 bits per heavy atom. The van der Waals surface area contributed by atoms with Crippen LogP contribution in [0.15, 0.2) is 18.3 Å². The Kier molecular flexibility index (Phi) is 4.24. The second-order valence-electron chi connectivity index (χ2n) is 4.79. The smallest absolute Gasteiger partial charge is 0.273 e. The fourth-order valence-corrected chi connectivity index (χ4v) is 2.52. The molecule has 2 aromatic rings. The highest BCUT2D eigenvalue weighted by atomic mass is 35.5. The minimum atomic E-state index is -0.415. The molecule has 108 valence electrons. The van der Waals surface area contributed by atoms with Gasteiger partial charge in [0.2, 0.25) is 0 Å². The van der Waals surface area contributed by atoms with Gasteiger partial charge in [-0.25, -0.2) is 0 Å². The van der Waals surface area contributed by atoms with E-state index in [1.807, 2.05) is 6.92 Å². The number of carbonyl (C=O) groups is 1. The molecule has 1 unspecified atom stereocenters. The summed E-state index contributed by atoms with van der Waals surface area (Å²) in [6.07, 6.45) is 1.52. The van der Waals surface area contributed by atoms with Crippen molar-refractivity contribution in [3.8, 4) is 6.07 Å². The van der Waals surface area contributed by atoms with E-state index in [-0.39, 0.29) is 11.6 Å². The number of hydrogen-bond acceptors (Lipinski definition) is 4. The van der Waals surface area contributed by atoms with Gasteiger partial charge in [-0.05, 0) is 31.5 Å². The molecular formula is C14H14ClN5O.